The number of halogens is 1. The van der Waals surface area contributed by atoms with Crippen molar-refractivity contribution in [3.63, 3.8) is 0 Å². The summed E-state index contributed by atoms with van der Waals surface area (Å²) in [5.74, 6) is -2.72. The Morgan fingerprint density at radius 3 is 2.39 bits per heavy atom. The summed E-state index contributed by atoms with van der Waals surface area (Å²) in [6, 6.07) is 21.1. The van der Waals surface area contributed by atoms with Gasteiger partial charge in [-0.25, -0.2) is 14.0 Å². The topological polar surface area (TPSA) is 143 Å². The van der Waals surface area contributed by atoms with Crippen molar-refractivity contribution in [3.05, 3.63) is 118 Å². The van der Waals surface area contributed by atoms with Crippen LogP contribution in [0, 0.1) is 5.82 Å². The van der Waals surface area contributed by atoms with Crippen LogP contribution in [0.5, 0.6) is 0 Å². The Morgan fingerprint density at radius 2 is 1.70 bits per heavy atom. The molecule has 5 rings (SSSR count). The van der Waals surface area contributed by atoms with Gasteiger partial charge in [0.05, 0.1) is 24.5 Å². The van der Waals surface area contributed by atoms with E-state index in [0.717, 1.165) is 10.4 Å². The van der Waals surface area contributed by atoms with E-state index in [1.54, 1.807) is 86.3 Å². The molecule has 0 saturated heterocycles. The van der Waals surface area contributed by atoms with Crippen molar-refractivity contribution >= 4 is 69.6 Å². The zero-order valence-corrected chi connectivity index (χ0v) is 32.1. The van der Waals surface area contributed by atoms with Gasteiger partial charge in [-0.15, -0.1) is 23.1 Å². The van der Waals surface area contributed by atoms with Crippen LogP contribution in [-0.2, 0) is 32.0 Å². The van der Waals surface area contributed by atoms with Crippen LogP contribution in [0.2, 0.25) is 0 Å². The van der Waals surface area contributed by atoms with E-state index in [4.69, 9.17) is 9.47 Å². The molecule has 0 spiro atoms. The highest BCUT2D eigenvalue weighted by molar-refractivity contribution is 8.00. The van der Waals surface area contributed by atoms with Gasteiger partial charge in [-0.3, -0.25) is 14.4 Å². The van der Waals surface area contributed by atoms with Crippen molar-refractivity contribution in [1.29, 1.82) is 0 Å². The highest BCUT2D eigenvalue weighted by Crippen LogP contribution is 2.39. The zero-order valence-electron chi connectivity index (χ0n) is 30.5. The first-order valence-electron chi connectivity index (χ1n) is 17.2. The predicted octanol–water partition coefficient (Wildman–Crippen LogP) is 7.89. The van der Waals surface area contributed by atoms with Crippen LogP contribution in [0.25, 0.3) is 6.08 Å². The van der Waals surface area contributed by atoms with Gasteiger partial charge in [0.15, 0.2) is 0 Å². The standard InChI is InChI=1S/C40H41FN4O7S2/c1-6-31(36(48)44-37-33(38(49)51-5)28-19-20-45(23-32(28)54-37)39(50)52-40(2,3)4)53-27-17-12-16-26(22-27)42-35(47)30(21-25-15-10-11-18-29(25)41)43-34(46)24-13-8-7-9-14-24/h7-18,21-22,31H,6,19-20,23H2,1-5H3,(H,42,47)(H,43,46)(H,44,48)/b30-21-. The number of amides is 4. The number of hydrogen-bond donors (Lipinski definition) is 3. The van der Waals surface area contributed by atoms with Crippen molar-refractivity contribution in [2.24, 2.45) is 0 Å². The Labute approximate surface area is 321 Å². The van der Waals surface area contributed by atoms with Gasteiger partial charge in [0.2, 0.25) is 5.91 Å². The van der Waals surface area contributed by atoms with Gasteiger partial charge in [0.1, 0.15) is 22.1 Å². The molecule has 54 heavy (non-hydrogen) atoms. The molecule has 1 aliphatic rings. The lowest BCUT2D eigenvalue weighted by molar-refractivity contribution is -0.116. The molecule has 1 unspecified atom stereocenters. The summed E-state index contributed by atoms with van der Waals surface area (Å²) in [7, 11) is 1.28. The third kappa shape index (κ3) is 10.1. The van der Waals surface area contributed by atoms with Crippen LogP contribution in [0.3, 0.4) is 0 Å². The molecule has 1 aromatic heterocycles. The van der Waals surface area contributed by atoms with Crippen molar-refractivity contribution in [2.75, 3.05) is 24.3 Å². The maximum absolute atomic E-state index is 14.6. The molecule has 0 fully saturated rings. The number of nitrogens with zero attached hydrogens (tertiary/aromatic N) is 1. The van der Waals surface area contributed by atoms with Crippen molar-refractivity contribution in [2.45, 2.75) is 62.8 Å². The van der Waals surface area contributed by atoms with Crippen LogP contribution in [0.1, 0.15) is 70.8 Å². The lowest BCUT2D eigenvalue weighted by Gasteiger charge is -2.30. The fraction of sp³-hybridized carbons (Fsp3) is 0.275. The minimum Gasteiger partial charge on any atom is -0.465 e. The van der Waals surface area contributed by atoms with Crippen LogP contribution in [-0.4, -0.2) is 59.2 Å². The molecule has 0 radical (unpaired) electrons. The third-order valence-corrected chi connectivity index (χ3v) is 10.6. The Hall–Kier alpha value is -5.47. The first kappa shape index (κ1) is 39.7. The number of thioether (sulfide) groups is 1. The maximum atomic E-state index is 14.6. The van der Waals surface area contributed by atoms with E-state index >= 15 is 0 Å². The molecule has 2 heterocycles. The molecule has 3 aromatic carbocycles. The number of carbonyl (C=O) groups is 5. The summed E-state index contributed by atoms with van der Waals surface area (Å²) in [4.78, 5) is 69.0. The summed E-state index contributed by atoms with van der Waals surface area (Å²) in [6.45, 7) is 7.81. The summed E-state index contributed by atoms with van der Waals surface area (Å²) in [6.07, 6.45) is 1.63. The predicted molar refractivity (Wildman–Crippen MR) is 208 cm³/mol. The largest absolute Gasteiger partial charge is 0.465 e. The average molecular weight is 773 g/mol. The number of methoxy groups -OCH3 is 1. The number of thiophene rings is 1. The molecule has 3 N–H and O–H groups in total. The number of fused-ring (bicyclic) bond motifs is 1. The van der Waals surface area contributed by atoms with E-state index in [1.165, 1.54) is 54.5 Å². The lowest BCUT2D eigenvalue weighted by Crippen LogP contribution is -2.39. The maximum Gasteiger partial charge on any atom is 0.410 e. The van der Waals surface area contributed by atoms with Crippen LogP contribution >= 0.6 is 23.1 Å². The minimum atomic E-state index is -0.684. The number of carbonyl (C=O) groups excluding carboxylic acids is 5. The van der Waals surface area contributed by atoms with Gasteiger partial charge in [-0.05, 0) is 81.7 Å². The average Bonchev–Trinajstić information content (AvgIpc) is 3.50. The van der Waals surface area contributed by atoms with Gasteiger partial charge >= 0.3 is 12.1 Å². The van der Waals surface area contributed by atoms with Gasteiger partial charge in [-0.2, -0.15) is 0 Å². The number of esters is 1. The number of anilines is 2. The molecule has 1 atom stereocenters. The molecule has 1 aliphatic heterocycles. The third-order valence-electron chi connectivity index (χ3n) is 8.10. The van der Waals surface area contributed by atoms with Crippen LogP contribution < -0.4 is 16.0 Å². The highest BCUT2D eigenvalue weighted by Gasteiger charge is 2.33. The Morgan fingerprint density at radius 1 is 0.981 bits per heavy atom. The van der Waals surface area contributed by atoms with E-state index in [9.17, 15) is 28.4 Å². The fourth-order valence-electron chi connectivity index (χ4n) is 5.51. The van der Waals surface area contributed by atoms with E-state index in [2.05, 4.69) is 16.0 Å². The minimum absolute atomic E-state index is 0.111. The highest BCUT2D eigenvalue weighted by atomic mass is 32.2. The molecule has 11 nitrogen and oxygen atoms in total. The van der Waals surface area contributed by atoms with Gasteiger partial charge in [0, 0.05) is 33.1 Å². The summed E-state index contributed by atoms with van der Waals surface area (Å²) in [5, 5.41) is 8.05. The second-order valence-corrected chi connectivity index (χ2v) is 15.6. The van der Waals surface area contributed by atoms with Crippen molar-refractivity contribution in [3.8, 4) is 0 Å². The monoisotopic (exact) mass is 772 g/mol. The van der Waals surface area contributed by atoms with Crippen molar-refractivity contribution in [1.82, 2.24) is 10.2 Å². The zero-order chi connectivity index (χ0) is 39.0. The molecule has 0 aliphatic carbocycles. The Kier molecular flexibility index (Phi) is 12.9. The molecule has 0 bridgehead atoms. The first-order chi connectivity index (χ1) is 25.8. The van der Waals surface area contributed by atoms with E-state index in [1.807, 2.05) is 6.92 Å². The lowest BCUT2D eigenvalue weighted by atomic mass is 10.0. The number of hydrogen-bond acceptors (Lipinski definition) is 9. The second-order valence-electron chi connectivity index (χ2n) is 13.2. The normalized spacial score (nSPS) is 13.3. The molecule has 4 aromatic rings. The quantitative estimate of drug-likeness (QED) is 0.0794. The number of nitrogens with one attached hydrogen (secondary N) is 3. The Balaban J connectivity index is 1.31. The van der Waals surface area contributed by atoms with E-state index < -0.39 is 40.5 Å². The van der Waals surface area contributed by atoms with Gasteiger partial charge in [-0.1, -0.05) is 49.4 Å². The number of benzene rings is 3. The molecular formula is C40H41FN4O7S2. The summed E-state index contributed by atoms with van der Waals surface area (Å²) >= 11 is 2.49. The molecule has 0 saturated carbocycles. The molecule has 282 valence electrons. The van der Waals surface area contributed by atoms with Gasteiger partial charge < -0.3 is 30.3 Å². The Bertz CT molecular complexity index is 2080. The second kappa shape index (κ2) is 17.6. The number of rotatable bonds is 11. The molecular weight excluding hydrogens is 732 g/mol. The van der Waals surface area contributed by atoms with Crippen molar-refractivity contribution < 1.29 is 37.8 Å². The molecule has 14 heteroatoms. The molecule has 4 amide bonds. The van der Waals surface area contributed by atoms with Crippen LogP contribution in [0.4, 0.5) is 19.9 Å². The van der Waals surface area contributed by atoms with Gasteiger partial charge in [0.25, 0.3) is 11.8 Å². The fourth-order valence-corrected chi connectivity index (χ4v) is 7.77. The van der Waals surface area contributed by atoms with Crippen LogP contribution in [0.15, 0.2) is 89.5 Å². The first-order valence-corrected chi connectivity index (χ1v) is 18.9. The SMILES string of the molecule is CCC(Sc1cccc(NC(=O)/C(=C/c2ccccc2F)NC(=O)c2ccccc2)c1)C(=O)Nc1sc2c(c1C(=O)OC)CCN(C(=O)OC(C)(C)C)C2. The van der Waals surface area contributed by atoms with E-state index in [0.29, 0.717) is 40.5 Å². The number of ether oxygens (including phenoxy) is 2. The van der Waals surface area contributed by atoms with E-state index in [-0.39, 0.29) is 29.3 Å². The smallest absolute Gasteiger partial charge is 0.410 e. The summed E-state index contributed by atoms with van der Waals surface area (Å²) < 4.78 is 25.2. The summed E-state index contributed by atoms with van der Waals surface area (Å²) in [5.41, 5.74) is 0.974.